The smallest absolute Gasteiger partial charge is 0.195 e. The molecule has 0 saturated carbocycles. The molecule has 1 aromatic carbocycles. The molecule has 0 unspecified atom stereocenters. The molecular weight excluding hydrogens is 301 g/mol. The third-order valence-corrected chi connectivity index (χ3v) is 4.61. The summed E-state index contributed by atoms with van der Waals surface area (Å²) in [6.07, 6.45) is 3.47. The molecule has 5 heteroatoms. The summed E-state index contributed by atoms with van der Waals surface area (Å²) in [7, 11) is 0. The van der Waals surface area contributed by atoms with Crippen LogP contribution in [0.4, 0.5) is 4.39 Å². The first-order valence-corrected chi connectivity index (χ1v) is 8.35. The van der Waals surface area contributed by atoms with Gasteiger partial charge in [0.25, 0.3) is 0 Å². The molecule has 2 heterocycles. The van der Waals surface area contributed by atoms with Crippen molar-refractivity contribution in [3.8, 4) is 0 Å². The standard InChI is InChI=1S/C17H18FNO2S/c18-15-7-5-14(6-8-15)17(20-11-12-21-17)9-3-13-22-16-4-1-2-10-19-16/h1-2,4-8,10H,3,9,11-13H2. The molecule has 0 atom stereocenters. The topological polar surface area (TPSA) is 31.4 Å². The Kier molecular flexibility index (Phi) is 5.08. The maximum absolute atomic E-state index is 13.1. The number of pyridine rings is 1. The van der Waals surface area contributed by atoms with Gasteiger partial charge in [-0.15, -0.1) is 11.8 Å². The lowest BCUT2D eigenvalue weighted by atomic mass is 10.0. The molecule has 22 heavy (non-hydrogen) atoms. The lowest BCUT2D eigenvalue weighted by molar-refractivity contribution is -0.170. The molecule has 1 aromatic heterocycles. The Balaban J connectivity index is 1.59. The van der Waals surface area contributed by atoms with Crippen LogP contribution >= 0.6 is 11.8 Å². The lowest BCUT2D eigenvalue weighted by Crippen LogP contribution is -2.27. The summed E-state index contributed by atoms with van der Waals surface area (Å²) < 4.78 is 24.8. The van der Waals surface area contributed by atoms with Crippen molar-refractivity contribution >= 4 is 11.8 Å². The average Bonchev–Trinajstić information content (AvgIpc) is 3.03. The van der Waals surface area contributed by atoms with E-state index in [1.54, 1.807) is 30.1 Å². The number of hydrogen-bond acceptors (Lipinski definition) is 4. The Morgan fingerprint density at radius 1 is 1.09 bits per heavy atom. The third kappa shape index (κ3) is 3.66. The SMILES string of the molecule is Fc1ccc(C2(CCCSc3ccccn3)OCCO2)cc1. The number of benzene rings is 1. The van der Waals surface area contributed by atoms with Crippen LogP contribution in [-0.4, -0.2) is 24.0 Å². The highest BCUT2D eigenvalue weighted by atomic mass is 32.2. The second kappa shape index (κ2) is 7.22. The van der Waals surface area contributed by atoms with Gasteiger partial charge >= 0.3 is 0 Å². The van der Waals surface area contributed by atoms with Gasteiger partial charge in [0.05, 0.1) is 18.2 Å². The number of aromatic nitrogens is 1. The number of nitrogens with zero attached hydrogens (tertiary/aromatic N) is 1. The van der Waals surface area contributed by atoms with Crippen molar-refractivity contribution in [2.24, 2.45) is 0 Å². The fraction of sp³-hybridized carbons (Fsp3) is 0.353. The Bertz CT molecular complexity index is 585. The minimum absolute atomic E-state index is 0.248. The normalized spacial score (nSPS) is 16.8. The lowest BCUT2D eigenvalue weighted by Gasteiger charge is -2.27. The zero-order valence-electron chi connectivity index (χ0n) is 12.2. The van der Waals surface area contributed by atoms with Crippen molar-refractivity contribution in [1.82, 2.24) is 4.98 Å². The molecule has 0 spiro atoms. The van der Waals surface area contributed by atoms with Gasteiger partial charge in [-0.2, -0.15) is 0 Å². The van der Waals surface area contributed by atoms with Gasteiger partial charge in [-0.1, -0.05) is 18.2 Å². The highest BCUT2D eigenvalue weighted by Gasteiger charge is 2.37. The summed E-state index contributed by atoms with van der Waals surface area (Å²) in [5.41, 5.74) is 0.884. The van der Waals surface area contributed by atoms with Crippen LogP contribution in [0.25, 0.3) is 0 Å². The first-order chi connectivity index (χ1) is 10.8. The molecule has 1 aliphatic rings. The summed E-state index contributed by atoms with van der Waals surface area (Å²) >= 11 is 1.72. The van der Waals surface area contributed by atoms with E-state index in [2.05, 4.69) is 4.98 Å². The van der Waals surface area contributed by atoms with Crippen LogP contribution in [0.3, 0.4) is 0 Å². The fourth-order valence-corrected chi connectivity index (χ4v) is 3.34. The highest BCUT2D eigenvalue weighted by molar-refractivity contribution is 7.99. The minimum Gasteiger partial charge on any atom is -0.343 e. The van der Waals surface area contributed by atoms with Crippen LogP contribution in [0, 0.1) is 5.82 Å². The predicted octanol–water partition coefficient (Wildman–Crippen LogP) is 3.99. The van der Waals surface area contributed by atoms with Crippen LogP contribution < -0.4 is 0 Å². The molecule has 1 fully saturated rings. The molecule has 116 valence electrons. The van der Waals surface area contributed by atoms with Crippen molar-refractivity contribution in [2.45, 2.75) is 23.7 Å². The monoisotopic (exact) mass is 319 g/mol. The molecule has 0 amide bonds. The first-order valence-electron chi connectivity index (χ1n) is 7.36. The van der Waals surface area contributed by atoms with E-state index in [0.29, 0.717) is 13.2 Å². The van der Waals surface area contributed by atoms with Crippen LogP contribution in [0.1, 0.15) is 18.4 Å². The number of thioether (sulfide) groups is 1. The van der Waals surface area contributed by atoms with Gasteiger partial charge in [0, 0.05) is 18.2 Å². The van der Waals surface area contributed by atoms with Gasteiger partial charge in [-0.25, -0.2) is 9.37 Å². The van der Waals surface area contributed by atoms with Crippen LogP contribution in [0.5, 0.6) is 0 Å². The van der Waals surface area contributed by atoms with E-state index in [0.717, 1.165) is 29.2 Å². The summed E-state index contributed by atoms with van der Waals surface area (Å²) in [5.74, 6) is -0.0342. The summed E-state index contributed by atoms with van der Waals surface area (Å²) in [4.78, 5) is 4.29. The average molecular weight is 319 g/mol. The van der Waals surface area contributed by atoms with Gasteiger partial charge in [-0.05, 0) is 36.4 Å². The molecule has 1 aliphatic heterocycles. The van der Waals surface area contributed by atoms with E-state index < -0.39 is 5.79 Å². The van der Waals surface area contributed by atoms with E-state index in [1.165, 1.54) is 12.1 Å². The summed E-state index contributed by atoms with van der Waals surface area (Å²) in [6, 6.07) is 12.3. The van der Waals surface area contributed by atoms with Gasteiger partial charge < -0.3 is 9.47 Å². The molecular formula is C17H18FNO2S. The van der Waals surface area contributed by atoms with E-state index in [9.17, 15) is 4.39 Å². The number of halogens is 1. The van der Waals surface area contributed by atoms with Gasteiger partial charge in [0.15, 0.2) is 5.79 Å². The van der Waals surface area contributed by atoms with Crippen molar-refractivity contribution < 1.29 is 13.9 Å². The maximum Gasteiger partial charge on any atom is 0.195 e. The Morgan fingerprint density at radius 3 is 2.55 bits per heavy atom. The molecule has 1 saturated heterocycles. The molecule has 0 aliphatic carbocycles. The van der Waals surface area contributed by atoms with Crippen molar-refractivity contribution in [2.75, 3.05) is 19.0 Å². The quantitative estimate of drug-likeness (QED) is 0.595. The summed E-state index contributed by atoms with van der Waals surface area (Å²) in [6.45, 7) is 1.15. The first kappa shape index (κ1) is 15.5. The van der Waals surface area contributed by atoms with E-state index in [4.69, 9.17) is 9.47 Å². The zero-order chi connectivity index (χ0) is 15.3. The predicted molar refractivity (Wildman–Crippen MR) is 84.2 cm³/mol. The van der Waals surface area contributed by atoms with E-state index in [1.807, 2.05) is 18.2 Å². The molecule has 3 rings (SSSR count). The second-order valence-corrected chi connectivity index (χ2v) is 6.19. The minimum atomic E-state index is -0.724. The van der Waals surface area contributed by atoms with E-state index >= 15 is 0 Å². The number of rotatable bonds is 6. The fourth-order valence-electron chi connectivity index (χ4n) is 2.53. The van der Waals surface area contributed by atoms with Gasteiger partial charge in [-0.3, -0.25) is 0 Å². The largest absolute Gasteiger partial charge is 0.343 e. The molecule has 3 nitrogen and oxygen atoms in total. The molecule has 0 bridgehead atoms. The summed E-state index contributed by atoms with van der Waals surface area (Å²) in [5, 5.41) is 1.02. The number of hydrogen-bond donors (Lipinski definition) is 0. The Morgan fingerprint density at radius 2 is 1.86 bits per heavy atom. The Labute approximate surface area is 133 Å². The van der Waals surface area contributed by atoms with Crippen LogP contribution in [0.15, 0.2) is 53.7 Å². The van der Waals surface area contributed by atoms with Gasteiger partial charge in [0.1, 0.15) is 5.82 Å². The van der Waals surface area contributed by atoms with Crippen LogP contribution in [-0.2, 0) is 15.3 Å². The molecule has 0 radical (unpaired) electrons. The van der Waals surface area contributed by atoms with E-state index in [-0.39, 0.29) is 5.82 Å². The van der Waals surface area contributed by atoms with Gasteiger partial charge in [0.2, 0.25) is 0 Å². The van der Waals surface area contributed by atoms with Crippen molar-refractivity contribution in [3.63, 3.8) is 0 Å². The van der Waals surface area contributed by atoms with Crippen molar-refractivity contribution in [1.29, 1.82) is 0 Å². The number of ether oxygens (including phenoxy) is 2. The van der Waals surface area contributed by atoms with Crippen molar-refractivity contribution in [3.05, 3.63) is 60.0 Å². The Hall–Kier alpha value is -1.43. The zero-order valence-corrected chi connectivity index (χ0v) is 13.0. The molecule has 2 aromatic rings. The second-order valence-electron chi connectivity index (χ2n) is 5.08. The maximum atomic E-state index is 13.1. The third-order valence-electron chi connectivity index (χ3n) is 3.58. The molecule has 0 N–H and O–H groups in total. The highest BCUT2D eigenvalue weighted by Crippen LogP contribution is 2.36. The van der Waals surface area contributed by atoms with Crippen LogP contribution in [0.2, 0.25) is 0 Å².